The molecule has 1 aromatic rings. The van der Waals surface area contributed by atoms with Crippen LogP contribution in [-0.4, -0.2) is 36.9 Å². The Kier molecular flexibility index (Phi) is 6.71. The van der Waals surface area contributed by atoms with E-state index < -0.39 is 12.0 Å². The second-order valence-corrected chi connectivity index (χ2v) is 4.80. The number of urea groups is 1. The van der Waals surface area contributed by atoms with Crippen LogP contribution in [0.4, 0.5) is 10.5 Å². The molecule has 0 unspecified atom stereocenters. The van der Waals surface area contributed by atoms with Crippen molar-refractivity contribution < 1.29 is 19.4 Å². The van der Waals surface area contributed by atoms with Crippen LogP contribution in [0.5, 0.6) is 0 Å². The molecule has 0 spiro atoms. The van der Waals surface area contributed by atoms with E-state index in [1.165, 1.54) is 18.2 Å². The van der Waals surface area contributed by atoms with E-state index in [1.807, 2.05) is 6.92 Å². The summed E-state index contributed by atoms with van der Waals surface area (Å²) in [6, 6.07) is 3.78. The van der Waals surface area contributed by atoms with E-state index in [9.17, 15) is 9.59 Å². The Balaban J connectivity index is 2.43. The third kappa shape index (κ3) is 6.29. The number of carboxylic acid groups (broad SMARTS) is 1. The molecule has 2 amide bonds. The van der Waals surface area contributed by atoms with E-state index in [-0.39, 0.29) is 10.6 Å². The normalized spacial score (nSPS) is 10.0. The van der Waals surface area contributed by atoms with Gasteiger partial charge in [-0.05, 0) is 25.1 Å². The maximum Gasteiger partial charge on any atom is 0.337 e. The summed E-state index contributed by atoms with van der Waals surface area (Å²) < 4.78 is 5.22. The summed E-state index contributed by atoms with van der Waals surface area (Å²) in [4.78, 5) is 22.5. The van der Waals surface area contributed by atoms with Crippen LogP contribution in [0.3, 0.4) is 0 Å². The highest BCUT2D eigenvalue weighted by atomic mass is 35.5. The first-order valence-electron chi connectivity index (χ1n) is 6.20. The van der Waals surface area contributed by atoms with Gasteiger partial charge in [0.05, 0.1) is 23.8 Å². The number of hydrogen-bond donors (Lipinski definition) is 3. The van der Waals surface area contributed by atoms with Crippen LogP contribution in [0.1, 0.15) is 17.3 Å². The van der Waals surface area contributed by atoms with Crippen LogP contribution in [0.15, 0.2) is 30.4 Å². The van der Waals surface area contributed by atoms with Gasteiger partial charge in [-0.3, -0.25) is 0 Å². The van der Waals surface area contributed by atoms with Gasteiger partial charge in [0.2, 0.25) is 0 Å². The highest BCUT2D eigenvalue weighted by Crippen LogP contribution is 2.20. The highest BCUT2D eigenvalue weighted by molar-refractivity contribution is 6.33. The number of hydrogen-bond acceptors (Lipinski definition) is 3. The number of benzene rings is 1. The van der Waals surface area contributed by atoms with Gasteiger partial charge < -0.3 is 20.5 Å². The molecular formula is C14H17ClN2O4. The Bertz CT molecular complexity index is 546. The standard InChI is InChI=1S/C14H17ClN2O4/c1-9(2)8-21-6-5-16-14(20)17-10-3-4-12(15)11(7-10)13(18)19/h3-4,7H,1,5-6,8H2,2H3,(H,18,19)(H2,16,17,20). The number of carbonyl (C=O) groups is 2. The van der Waals surface area contributed by atoms with Gasteiger partial charge in [-0.15, -0.1) is 0 Å². The van der Waals surface area contributed by atoms with Gasteiger partial charge in [-0.25, -0.2) is 9.59 Å². The highest BCUT2D eigenvalue weighted by Gasteiger charge is 2.10. The molecule has 0 aromatic heterocycles. The molecule has 0 aliphatic heterocycles. The molecule has 0 aliphatic rings. The number of rotatable bonds is 7. The first kappa shape index (κ1) is 17.0. The number of carbonyl (C=O) groups excluding carboxylic acids is 1. The second-order valence-electron chi connectivity index (χ2n) is 4.39. The van der Waals surface area contributed by atoms with E-state index in [0.29, 0.717) is 25.4 Å². The predicted octanol–water partition coefficient (Wildman–Crippen LogP) is 2.75. The molecular weight excluding hydrogens is 296 g/mol. The van der Waals surface area contributed by atoms with Gasteiger partial charge in [-0.1, -0.05) is 23.8 Å². The average molecular weight is 313 g/mol. The monoisotopic (exact) mass is 312 g/mol. The van der Waals surface area contributed by atoms with Crippen molar-refractivity contribution in [2.75, 3.05) is 25.1 Å². The molecule has 1 rings (SSSR count). The number of nitrogens with one attached hydrogen (secondary N) is 2. The number of halogens is 1. The largest absolute Gasteiger partial charge is 0.478 e. The van der Waals surface area contributed by atoms with Crippen LogP contribution in [-0.2, 0) is 4.74 Å². The molecule has 0 aliphatic carbocycles. The van der Waals surface area contributed by atoms with Crippen molar-refractivity contribution in [3.8, 4) is 0 Å². The van der Waals surface area contributed by atoms with Crippen LogP contribution < -0.4 is 10.6 Å². The fourth-order valence-corrected chi connectivity index (χ4v) is 1.62. The molecule has 6 nitrogen and oxygen atoms in total. The van der Waals surface area contributed by atoms with E-state index in [1.54, 1.807) is 0 Å². The van der Waals surface area contributed by atoms with Gasteiger partial charge in [0.25, 0.3) is 0 Å². The topological polar surface area (TPSA) is 87.7 Å². The Morgan fingerprint density at radius 2 is 2.14 bits per heavy atom. The molecule has 0 saturated carbocycles. The molecule has 3 N–H and O–H groups in total. The number of anilines is 1. The summed E-state index contributed by atoms with van der Waals surface area (Å²) in [5.74, 6) is -1.16. The second kappa shape index (κ2) is 8.28. The molecule has 0 atom stereocenters. The fraction of sp³-hybridized carbons (Fsp3) is 0.286. The molecule has 21 heavy (non-hydrogen) atoms. The van der Waals surface area contributed by atoms with Crippen molar-refractivity contribution in [1.82, 2.24) is 5.32 Å². The fourth-order valence-electron chi connectivity index (χ4n) is 1.43. The van der Waals surface area contributed by atoms with Crippen molar-refractivity contribution in [3.05, 3.63) is 40.9 Å². The summed E-state index contributed by atoms with van der Waals surface area (Å²) >= 11 is 5.74. The molecule has 0 saturated heterocycles. The Morgan fingerprint density at radius 1 is 1.43 bits per heavy atom. The molecule has 0 bridgehead atoms. The summed E-state index contributed by atoms with van der Waals surface area (Å²) in [5, 5.41) is 14.1. The van der Waals surface area contributed by atoms with Gasteiger partial charge >= 0.3 is 12.0 Å². The lowest BCUT2D eigenvalue weighted by Gasteiger charge is -2.09. The van der Waals surface area contributed by atoms with Gasteiger partial charge in [0.15, 0.2) is 0 Å². The van der Waals surface area contributed by atoms with E-state index in [4.69, 9.17) is 21.4 Å². The summed E-state index contributed by atoms with van der Waals surface area (Å²) in [6.45, 7) is 6.68. The van der Waals surface area contributed by atoms with Crippen molar-refractivity contribution in [2.45, 2.75) is 6.92 Å². The van der Waals surface area contributed by atoms with Crippen molar-refractivity contribution in [3.63, 3.8) is 0 Å². The lowest BCUT2D eigenvalue weighted by atomic mass is 10.2. The number of ether oxygens (including phenoxy) is 1. The molecule has 0 fully saturated rings. The maximum absolute atomic E-state index is 11.6. The lowest BCUT2D eigenvalue weighted by Crippen LogP contribution is -2.31. The van der Waals surface area contributed by atoms with E-state index in [0.717, 1.165) is 5.57 Å². The Hall–Kier alpha value is -2.05. The zero-order chi connectivity index (χ0) is 15.8. The minimum atomic E-state index is -1.16. The lowest BCUT2D eigenvalue weighted by molar-refractivity contribution is 0.0697. The zero-order valence-corrected chi connectivity index (χ0v) is 12.4. The summed E-state index contributed by atoms with van der Waals surface area (Å²) in [6.07, 6.45) is 0. The third-order valence-electron chi connectivity index (χ3n) is 2.34. The Labute approximate surface area is 127 Å². The smallest absolute Gasteiger partial charge is 0.337 e. The summed E-state index contributed by atoms with van der Waals surface area (Å²) in [5.41, 5.74) is 1.18. The molecule has 114 valence electrons. The zero-order valence-electron chi connectivity index (χ0n) is 11.6. The first-order valence-corrected chi connectivity index (χ1v) is 6.57. The van der Waals surface area contributed by atoms with Crippen LogP contribution in [0, 0.1) is 0 Å². The SMILES string of the molecule is C=C(C)COCCNC(=O)Nc1ccc(Cl)c(C(=O)O)c1. The van der Waals surface area contributed by atoms with E-state index >= 15 is 0 Å². The van der Waals surface area contributed by atoms with Crippen LogP contribution >= 0.6 is 11.6 Å². The minimum Gasteiger partial charge on any atom is -0.478 e. The number of aromatic carboxylic acids is 1. The number of carboxylic acids is 1. The van der Waals surface area contributed by atoms with Crippen molar-refractivity contribution in [1.29, 1.82) is 0 Å². The minimum absolute atomic E-state index is 0.0701. The summed E-state index contributed by atoms with van der Waals surface area (Å²) in [7, 11) is 0. The third-order valence-corrected chi connectivity index (χ3v) is 2.66. The van der Waals surface area contributed by atoms with Crippen molar-refractivity contribution in [2.24, 2.45) is 0 Å². The predicted molar refractivity (Wildman–Crippen MR) is 81.1 cm³/mol. The van der Waals surface area contributed by atoms with Gasteiger partial charge in [-0.2, -0.15) is 0 Å². The first-order chi connectivity index (χ1) is 9.90. The van der Waals surface area contributed by atoms with E-state index in [2.05, 4.69) is 17.2 Å². The number of amides is 2. The molecule has 7 heteroatoms. The maximum atomic E-state index is 11.6. The quantitative estimate of drug-likeness (QED) is 0.533. The van der Waals surface area contributed by atoms with Crippen LogP contribution in [0.25, 0.3) is 0 Å². The van der Waals surface area contributed by atoms with Gasteiger partial charge in [0, 0.05) is 12.2 Å². The van der Waals surface area contributed by atoms with Crippen molar-refractivity contribution >= 4 is 29.3 Å². The molecule has 0 radical (unpaired) electrons. The molecule has 0 heterocycles. The molecule has 1 aromatic carbocycles. The Morgan fingerprint density at radius 3 is 2.76 bits per heavy atom. The van der Waals surface area contributed by atoms with Gasteiger partial charge in [0.1, 0.15) is 0 Å². The van der Waals surface area contributed by atoms with Crippen LogP contribution in [0.2, 0.25) is 5.02 Å². The average Bonchev–Trinajstić information content (AvgIpc) is 2.40.